The van der Waals surface area contributed by atoms with Gasteiger partial charge in [-0.2, -0.15) is 4.68 Å². The van der Waals surface area contributed by atoms with Gasteiger partial charge in [0.1, 0.15) is 5.76 Å². The van der Waals surface area contributed by atoms with Crippen LogP contribution in [-0.4, -0.2) is 30.7 Å². The van der Waals surface area contributed by atoms with Crippen LogP contribution in [0.15, 0.2) is 35.0 Å². The largest absolute Gasteiger partial charge is 0.389 e. The second kappa shape index (κ2) is 7.44. The molecule has 0 aliphatic rings. The molecule has 3 aromatic rings. The van der Waals surface area contributed by atoms with Crippen LogP contribution in [0.5, 0.6) is 0 Å². The highest BCUT2D eigenvalue weighted by atomic mass is 35.5. The first-order valence-corrected chi connectivity index (χ1v) is 8.02. The second-order valence-electron chi connectivity index (χ2n) is 5.57. The minimum Gasteiger partial charge on any atom is -0.361 e. The molecule has 1 amide bonds. The number of nitrogens with zero attached hydrogens (tertiary/aromatic N) is 5. The zero-order chi connectivity index (χ0) is 20.4. The van der Waals surface area contributed by atoms with E-state index in [1.807, 2.05) is 0 Å². The van der Waals surface area contributed by atoms with E-state index in [2.05, 4.69) is 15.6 Å². The minimum absolute atomic E-state index is 0.00536. The van der Waals surface area contributed by atoms with Gasteiger partial charge in [-0.1, -0.05) is 16.8 Å². The molecule has 13 heteroatoms. The molecule has 2 aromatic heterocycles. The van der Waals surface area contributed by atoms with Crippen molar-refractivity contribution in [2.75, 3.05) is 5.32 Å². The fraction of sp³-hybridized carbons (Fsp3) is 0.133. The monoisotopic (exact) mass is 406 g/mol. The highest BCUT2D eigenvalue weighted by Crippen LogP contribution is 2.27. The Bertz CT molecular complexity index is 1090. The highest BCUT2D eigenvalue weighted by Gasteiger charge is 2.23. The molecule has 0 unspecified atom stereocenters. The van der Waals surface area contributed by atoms with E-state index in [1.165, 1.54) is 29.1 Å². The van der Waals surface area contributed by atoms with Gasteiger partial charge < -0.3 is 20.0 Å². The van der Waals surface area contributed by atoms with Crippen molar-refractivity contribution in [2.45, 2.75) is 13.5 Å². The van der Waals surface area contributed by atoms with Crippen molar-refractivity contribution in [3.63, 3.8) is 0 Å². The quantitative estimate of drug-likeness (QED) is 0.482. The number of aryl methyl sites for hydroxylation is 1. The second-order valence-corrected chi connectivity index (χ2v) is 5.98. The molecule has 144 valence electrons. The average molecular weight is 407 g/mol. The predicted octanol–water partition coefficient (Wildman–Crippen LogP) is 2.95. The van der Waals surface area contributed by atoms with Gasteiger partial charge in [0.2, 0.25) is 0 Å². The molecule has 0 spiro atoms. The minimum atomic E-state index is -0.712. The first-order valence-electron chi connectivity index (χ1n) is 7.64. The summed E-state index contributed by atoms with van der Waals surface area (Å²) in [6, 6.07) is 4.82. The lowest BCUT2D eigenvalue weighted by Gasteiger charge is -2.06. The van der Waals surface area contributed by atoms with Crippen molar-refractivity contribution in [2.24, 2.45) is 0 Å². The molecular formula is C15H11ClN6O6. The molecule has 0 radical (unpaired) electrons. The van der Waals surface area contributed by atoms with Gasteiger partial charge in [0, 0.05) is 12.1 Å². The van der Waals surface area contributed by atoms with Gasteiger partial charge in [-0.15, -0.1) is 0 Å². The number of halogens is 1. The molecular weight excluding hydrogens is 396 g/mol. The first-order chi connectivity index (χ1) is 13.3. The molecule has 0 aliphatic carbocycles. The van der Waals surface area contributed by atoms with Crippen LogP contribution < -0.4 is 5.32 Å². The summed E-state index contributed by atoms with van der Waals surface area (Å²) < 4.78 is 6.30. The third-order valence-corrected chi connectivity index (χ3v) is 4.07. The number of anilines is 1. The van der Waals surface area contributed by atoms with Gasteiger partial charge in [-0.05, 0) is 17.9 Å². The molecule has 0 fully saturated rings. The molecule has 0 saturated carbocycles. The van der Waals surface area contributed by atoms with Crippen molar-refractivity contribution >= 4 is 34.7 Å². The Hall–Kier alpha value is -3.80. The molecule has 0 saturated heterocycles. The number of rotatable bonds is 6. The Morgan fingerprint density at radius 1 is 1.29 bits per heavy atom. The number of nitrogens with one attached hydrogen (secondary N) is 1. The third kappa shape index (κ3) is 3.81. The lowest BCUT2D eigenvalue weighted by molar-refractivity contribution is -0.389. The maximum atomic E-state index is 12.6. The molecule has 0 aliphatic heterocycles. The summed E-state index contributed by atoms with van der Waals surface area (Å²) in [6.45, 7) is 1.56. The Balaban J connectivity index is 1.86. The third-order valence-electron chi connectivity index (χ3n) is 3.74. The molecule has 2 heterocycles. The van der Waals surface area contributed by atoms with Gasteiger partial charge in [0.15, 0.2) is 5.69 Å². The summed E-state index contributed by atoms with van der Waals surface area (Å²) in [7, 11) is 0. The van der Waals surface area contributed by atoms with Gasteiger partial charge in [-0.25, -0.2) is 0 Å². The summed E-state index contributed by atoms with van der Waals surface area (Å²) in [4.78, 5) is 33.0. The zero-order valence-electron chi connectivity index (χ0n) is 14.2. The predicted molar refractivity (Wildman–Crippen MR) is 95.3 cm³/mol. The van der Waals surface area contributed by atoms with Crippen molar-refractivity contribution < 1.29 is 19.2 Å². The Kier molecular flexibility index (Phi) is 5.04. The SMILES string of the molecule is Cc1onc(C(=O)Nc2cc([N+](=O)[O-])ccc2Cl)c1Cn1ccc([N+](=O)[O-])n1. The lowest BCUT2D eigenvalue weighted by Crippen LogP contribution is -2.16. The number of carbonyl (C=O) groups is 1. The first kappa shape index (κ1) is 19.0. The number of non-ortho nitro benzene ring substituents is 1. The van der Waals surface area contributed by atoms with Crippen LogP contribution in [0.2, 0.25) is 5.02 Å². The van der Waals surface area contributed by atoms with Crippen LogP contribution in [0.4, 0.5) is 17.2 Å². The van der Waals surface area contributed by atoms with Gasteiger partial charge in [0.05, 0.1) is 45.1 Å². The Morgan fingerprint density at radius 3 is 2.68 bits per heavy atom. The molecule has 12 nitrogen and oxygen atoms in total. The van der Waals surface area contributed by atoms with E-state index < -0.39 is 15.8 Å². The summed E-state index contributed by atoms with van der Waals surface area (Å²) in [5, 5.41) is 31.7. The van der Waals surface area contributed by atoms with Gasteiger partial charge in [0.25, 0.3) is 11.6 Å². The molecule has 0 atom stereocenters. The Labute approximate surface area is 161 Å². The van der Waals surface area contributed by atoms with E-state index in [0.717, 1.165) is 6.07 Å². The van der Waals surface area contributed by atoms with Crippen molar-refractivity contribution in [3.05, 3.63) is 72.7 Å². The maximum absolute atomic E-state index is 12.6. The zero-order valence-corrected chi connectivity index (χ0v) is 14.9. The number of hydrogen-bond acceptors (Lipinski definition) is 8. The number of amides is 1. The normalized spacial score (nSPS) is 10.6. The van der Waals surface area contributed by atoms with E-state index in [1.54, 1.807) is 6.92 Å². The highest BCUT2D eigenvalue weighted by molar-refractivity contribution is 6.34. The van der Waals surface area contributed by atoms with Crippen LogP contribution in [0.3, 0.4) is 0 Å². The smallest absolute Gasteiger partial charge is 0.361 e. The van der Waals surface area contributed by atoms with E-state index >= 15 is 0 Å². The molecule has 1 N–H and O–H groups in total. The number of carbonyl (C=O) groups excluding carboxylic acids is 1. The molecule has 1 aromatic carbocycles. The lowest BCUT2D eigenvalue weighted by atomic mass is 10.1. The fourth-order valence-corrected chi connectivity index (χ4v) is 2.52. The van der Waals surface area contributed by atoms with Crippen LogP contribution in [0, 0.1) is 27.2 Å². The van der Waals surface area contributed by atoms with Crippen LogP contribution in [0.1, 0.15) is 21.8 Å². The number of hydrogen-bond donors (Lipinski definition) is 1. The van der Waals surface area contributed by atoms with Crippen molar-refractivity contribution in [1.82, 2.24) is 14.9 Å². The van der Waals surface area contributed by atoms with Gasteiger partial charge in [-0.3, -0.25) is 14.9 Å². The van der Waals surface area contributed by atoms with E-state index in [0.29, 0.717) is 11.3 Å². The molecule has 0 bridgehead atoms. The summed E-state index contributed by atoms with van der Waals surface area (Å²) in [5.41, 5.74) is 0.0255. The maximum Gasteiger partial charge on any atom is 0.389 e. The number of nitro groups is 2. The summed E-state index contributed by atoms with van der Waals surface area (Å²) in [5.74, 6) is -0.743. The standard InChI is InChI=1S/C15H11ClN6O6/c1-8-10(7-20-5-4-13(18-20)22(26)27)14(19-28-8)15(23)17-12-6-9(21(24)25)2-3-11(12)16/h2-6H,7H2,1H3,(H,17,23). The summed E-state index contributed by atoms with van der Waals surface area (Å²) >= 11 is 5.98. The number of nitro benzene ring substituents is 1. The average Bonchev–Trinajstić information content (AvgIpc) is 3.25. The molecule has 28 heavy (non-hydrogen) atoms. The van der Waals surface area contributed by atoms with E-state index in [9.17, 15) is 25.0 Å². The van der Waals surface area contributed by atoms with E-state index in [4.69, 9.17) is 16.1 Å². The molecule has 3 rings (SSSR count). The van der Waals surface area contributed by atoms with Crippen LogP contribution in [0.25, 0.3) is 0 Å². The number of benzene rings is 1. The fourth-order valence-electron chi connectivity index (χ4n) is 2.36. The van der Waals surface area contributed by atoms with Crippen molar-refractivity contribution in [3.8, 4) is 0 Å². The Morgan fingerprint density at radius 2 is 2.04 bits per heavy atom. The summed E-state index contributed by atoms with van der Waals surface area (Å²) in [6.07, 6.45) is 1.38. The van der Waals surface area contributed by atoms with Crippen molar-refractivity contribution in [1.29, 1.82) is 0 Å². The van der Waals surface area contributed by atoms with E-state index in [-0.39, 0.29) is 34.5 Å². The van der Waals surface area contributed by atoms with Crippen LogP contribution >= 0.6 is 11.6 Å². The van der Waals surface area contributed by atoms with Crippen LogP contribution in [-0.2, 0) is 6.54 Å². The number of aromatic nitrogens is 3. The topological polar surface area (TPSA) is 159 Å². The van der Waals surface area contributed by atoms with Gasteiger partial charge >= 0.3 is 5.82 Å².